The van der Waals surface area contributed by atoms with E-state index in [1.807, 2.05) is 0 Å². The van der Waals surface area contributed by atoms with Crippen molar-refractivity contribution in [1.82, 2.24) is 0 Å². The molecule has 2 aliphatic carbocycles. The second-order valence-corrected chi connectivity index (χ2v) is 45.7. The maximum atomic E-state index is 2.83. The molecule has 2 unspecified atom stereocenters. The van der Waals surface area contributed by atoms with Gasteiger partial charge < -0.3 is 0 Å². The second-order valence-electron chi connectivity index (χ2n) is 16.8. The SMILES string of the molecule is CCC1=Cc2c(-c3cccc4ccccc34)cccc2[CH]1[Zr]([CH3])([CH3])[C](C)(C)[Zr]([CH3])([CH3])[CH]1C(CC)=Cc2c(-c3cccc4ccccc34)cccc21. The van der Waals surface area contributed by atoms with Gasteiger partial charge in [0.15, 0.2) is 0 Å². The minimum atomic E-state index is -3.04. The Balaban J connectivity index is 1.23. The summed E-state index contributed by atoms with van der Waals surface area (Å²) in [7, 11) is 0. The molecule has 51 heavy (non-hydrogen) atoms. The zero-order valence-electron chi connectivity index (χ0n) is 31.8. The molecule has 0 saturated carbocycles. The van der Waals surface area contributed by atoms with Gasteiger partial charge in [-0.3, -0.25) is 0 Å². The zero-order valence-corrected chi connectivity index (χ0v) is 36.7. The van der Waals surface area contributed by atoms with Crippen molar-refractivity contribution in [2.24, 2.45) is 0 Å². The average molecular weight is 823 g/mol. The van der Waals surface area contributed by atoms with Crippen LogP contribution in [0.15, 0.2) is 132 Å². The van der Waals surface area contributed by atoms with Crippen molar-refractivity contribution in [2.45, 2.75) is 67.1 Å². The van der Waals surface area contributed by atoms with E-state index in [4.69, 9.17) is 0 Å². The fourth-order valence-corrected chi connectivity index (χ4v) is 57.2. The Labute approximate surface area is 315 Å². The van der Waals surface area contributed by atoms with E-state index in [0.717, 1.165) is 12.8 Å². The van der Waals surface area contributed by atoms with Gasteiger partial charge in [0, 0.05) is 0 Å². The molecule has 2 aliphatic rings. The van der Waals surface area contributed by atoms with E-state index in [1.54, 1.807) is 22.3 Å². The fourth-order valence-electron chi connectivity index (χ4n) is 10.2. The number of rotatable bonds is 8. The molecular weight excluding hydrogens is 771 g/mol. The van der Waals surface area contributed by atoms with Crippen LogP contribution >= 0.6 is 0 Å². The van der Waals surface area contributed by atoms with Gasteiger partial charge in [-0.2, -0.15) is 0 Å². The van der Waals surface area contributed by atoms with Crippen LogP contribution in [-0.2, 0) is 40.5 Å². The van der Waals surface area contributed by atoms with Gasteiger partial charge in [-0.25, -0.2) is 0 Å². The molecule has 0 bridgehead atoms. The predicted molar refractivity (Wildman–Crippen MR) is 218 cm³/mol. The summed E-state index contributed by atoms with van der Waals surface area (Å²) < 4.78 is 12.9. The van der Waals surface area contributed by atoms with Crippen LogP contribution in [0.2, 0.25) is 19.4 Å². The van der Waals surface area contributed by atoms with Crippen LogP contribution in [0.3, 0.4) is 0 Å². The van der Waals surface area contributed by atoms with E-state index in [1.165, 1.54) is 54.9 Å². The number of hydrogen-bond donors (Lipinski definition) is 0. The van der Waals surface area contributed by atoms with Crippen LogP contribution in [0.5, 0.6) is 0 Å². The first-order valence-electron chi connectivity index (χ1n) is 19.1. The molecule has 256 valence electrons. The number of benzene rings is 6. The summed E-state index contributed by atoms with van der Waals surface area (Å²) in [4.78, 5) is 0. The molecule has 0 fully saturated rings. The summed E-state index contributed by atoms with van der Waals surface area (Å²) >= 11 is -6.08. The van der Waals surface area contributed by atoms with Gasteiger partial charge in [0.05, 0.1) is 0 Å². The number of fused-ring (bicyclic) bond motifs is 4. The molecular formula is C49H52Zr2. The minimum absolute atomic E-state index is 0.370. The molecule has 2 heteroatoms. The molecule has 6 aromatic carbocycles. The third-order valence-corrected chi connectivity index (χ3v) is 59.0. The van der Waals surface area contributed by atoms with E-state index >= 15 is 0 Å². The molecule has 8 rings (SSSR count). The Bertz CT molecular complexity index is 2210. The van der Waals surface area contributed by atoms with Crippen LogP contribution < -0.4 is 0 Å². The Kier molecular flexibility index (Phi) is 9.08. The van der Waals surface area contributed by atoms with E-state index in [2.05, 4.69) is 180 Å². The van der Waals surface area contributed by atoms with Crippen molar-refractivity contribution in [3.8, 4) is 22.3 Å². The summed E-state index contributed by atoms with van der Waals surface area (Å²) in [6.45, 7) is 10.3. The standard InChI is InChI=1S/2C21H17.C3H6.4CH3.2Zr/c2*1-2-15-13-17-9-6-12-20(21(17)14-15)19-11-5-8-16-7-3-4-10-18(16)19;1-3-2;;;;;;/h2*3-14H,2H2,1H3;1-2H3;4*1H3;;. The van der Waals surface area contributed by atoms with E-state index < -0.39 is 40.5 Å². The number of allylic oxidation sites excluding steroid dienone is 2. The van der Waals surface area contributed by atoms with Crippen molar-refractivity contribution < 1.29 is 40.5 Å². The normalized spacial score (nSPS) is 17.4. The molecule has 0 saturated heterocycles. The quantitative estimate of drug-likeness (QED) is 0.143. The summed E-state index contributed by atoms with van der Waals surface area (Å²) in [6.07, 6.45) is 7.52. The summed E-state index contributed by atoms with van der Waals surface area (Å²) in [6, 6.07) is 45.9. The molecule has 0 aromatic heterocycles. The van der Waals surface area contributed by atoms with Gasteiger partial charge in [0.1, 0.15) is 0 Å². The van der Waals surface area contributed by atoms with E-state index in [9.17, 15) is 0 Å². The molecule has 0 spiro atoms. The van der Waals surface area contributed by atoms with E-state index in [0.29, 0.717) is 8.08 Å². The van der Waals surface area contributed by atoms with Gasteiger partial charge in [-0.15, -0.1) is 0 Å². The van der Waals surface area contributed by atoms with Gasteiger partial charge in [0.2, 0.25) is 0 Å². The molecule has 0 nitrogen and oxygen atoms in total. The monoisotopic (exact) mass is 820 g/mol. The Hall–Kier alpha value is -2.91. The Morgan fingerprint density at radius 3 is 1.22 bits per heavy atom. The summed E-state index contributed by atoms with van der Waals surface area (Å²) in [5.41, 5.74) is 15.1. The third kappa shape index (κ3) is 5.40. The molecule has 0 aliphatic heterocycles. The van der Waals surface area contributed by atoms with Crippen LogP contribution in [0.25, 0.3) is 56.0 Å². The average Bonchev–Trinajstić information content (AvgIpc) is 3.74. The number of hydrogen-bond acceptors (Lipinski definition) is 0. The first kappa shape index (κ1) is 35.1. The van der Waals surface area contributed by atoms with Crippen LogP contribution in [-0.4, -0.2) is 0 Å². The summed E-state index contributed by atoms with van der Waals surface area (Å²) in [5, 5.41) is 5.34. The topological polar surface area (TPSA) is 0 Å². The van der Waals surface area contributed by atoms with Crippen molar-refractivity contribution in [2.75, 3.05) is 0 Å². The van der Waals surface area contributed by atoms with Crippen molar-refractivity contribution in [3.63, 3.8) is 0 Å². The molecule has 0 N–H and O–H groups in total. The van der Waals surface area contributed by atoms with Crippen LogP contribution in [0, 0.1) is 0 Å². The molecule has 2 atom stereocenters. The predicted octanol–water partition coefficient (Wildman–Crippen LogP) is 15.4. The van der Waals surface area contributed by atoms with Crippen LogP contribution in [0.1, 0.15) is 70.0 Å². The van der Waals surface area contributed by atoms with Gasteiger partial charge in [-0.05, 0) is 0 Å². The second kappa shape index (κ2) is 13.2. The van der Waals surface area contributed by atoms with Gasteiger partial charge in [-0.1, -0.05) is 0 Å². The van der Waals surface area contributed by atoms with Crippen molar-refractivity contribution in [1.29, 1.82) is 0 Å². The Morgan fingerprint density at radius 1 is 0.451 bits per heavy atom. The zero-order chi connectivity index (χ0) is 35.7. The molecule has 0 heterocycles. The van der Waals surface area contributed by atoms with Crippen molar-refractivity contribution >= 4 is 33.7 Å². The first-order chi connectivity index (χ1) is 24.5. The van der Waals surface area contributed by atoms with Gasteiger partial charge >= 0.3 is 318 Å². The third-order valence-electron chi connectivity index (χ3n) is 13.9. The molecule has 0 radical (unpaired) electrons. The molecule has 0 amide bonds. The maximum absolute atomic E-state index is 3.04. The van der Waals surface area contributed by atoms with Gasteiger partial charge in [0.25, 0.3) is 0 Å². The van der Waals surface area contributed by atoms with E-state index in [-0.39, 0.29) is 0 Å². The fraction of sp³-hybridized carbons (Fsp3) is 0.265. The first-order valence-corrected chi connectivity index (χ1v) is 34.3. The summed E-state index contributed by atoms with van der Waals surface area (Å²) in [5.74, 6) is 0. The van der Waals surface area contributed by atoms with Crippen molar-refractivity contribution in [3.05, 3.63) is 155 Å². The Morgan fingerprint density at radius 2 is 0.804 bits per heavy atom. The van der Waals surface area contributed by atoms with Crippen LogP contribution in [0.4, 0.5) is 0 Å². The molecule has 6 aromatic rings.